The summed E-state index contributed by atoms with van der Waals surface area (Å²) in [4.78, 5) is 0. The summed E-state index contributed by atoms with van der Waals surface area (Å²) in [6.45, 7) is 2.19. The van der Waals surface area contributed by atoms with Gasteiger partial charge in [0.25, 0.3) is 0 Å². The Labute approximate surface area is 104 Å². The molecule has 82 valence electrons. The Morgan fingerprint density at radius 3 is 2.38 bits per heavy atom. The summed E-state index contributed by atoms with van der Waals surface area (Å²) in [7, 11) is 0. The number of aliphatic hydroxyl groups is 1. The maximum Gasteiger partial charge on any atom is 0.0681 e. The molecule has 0 atom stereocenters. The van der Waals surface area contributed by atoms with E-state index in [0.29, 0.717) is 0 Å². The number of aliphatic hydroxyl groups excluding tert-OH is 1. The lowest BCUT2D eigenvalue weighted by molar-refractivity contribution is 0.282. The van der Waals surface area contributed by atoms with Gasteiger partial charge in [-0.25, -0.2) is 0 Å². The molecule has 0 aliphatic carbocycles. The lowest BCUT2D eigenvalue weighted by atomic mass is 10.00. The largest absolute Gasteiger partial charge is 0.392 e. The fraction of sp³-hybridized carbons (Fsp3) is 0.143. The maximum absolute atomic E-state index is 8.99. The van der Waals surface area contributed by atoms with E-state index < -0.39 is 0 Å². The van der Waals surface area contributed by atoms with Gasteiger partial charge in [-0.3, -0.25) is 0 Å². The fourth-order valence-corrected chi connectivity index (χ4v) is 2.08. The van der Waals surface area contributed by atoms with Crippen LogP contribution in [-0.2, 0) is 6.61 Å². The zero-order chi connectivity index (χ0) is 11.5. The zero-order valence-electron chi connectivity index (χ0n) is 9.07. The third-order valence-electron chi connectivity index (χ3n) is 2.72. The Bertz CT molecular complexity index is 489. The molecule has 0 saturated heterocycles. The van der Waals surface area contributed by atoms with Crippen LogP contribution in [0.4, 0.5) is 0 Å². The molecule has 0 bridgehead atoms. The Morgan fingerprint density at radius 2 is 1.75 bits per heavy atom. The molecule has 2 heteroatoms. The standard InChI is InChI=1S/C14H13BrO/c1-10-13(3-2-4-14(10)15)12-7-5-11(9-16)6-8-12/h2-8,16H,9H2,1H3. The molecule has 0 aliphatic rings. The number of hydrogen-bond acceptors (Lipinski definition) is 1. The van der Waals surface area contributed by atoms with Gasteiger partial charge in [-0.15, -0.1) is 0 Å². The minimum atomic E-state index is 0.0950. The molecular weight excluding hydrogens is 264 g/mol. The van der Waals surface area contributed by atoms with E-state index in [1.165, 1.54) is 16.7 Å². The van der Waals surface area contributed by atoms with Gasteiger partial charge >= 0.3 is 0 Å². The Hall–Kier alpha value is -1.12. The van der Waals surface area contributed by atoms with Gasteiger partial charge < -0.3 is 5.11 Å². The minimum absolute atomic E-state index is 0.0950. The Kier molecular flexibility index (Phi) is 3.42. The Balaban J connectivity index is 2.46. The van der Waals surface area contributed by atoms with Crippen molar-refractivity contribution < 1.29 is 5.11 Å². The smallest absolute Gasteiger partial charge is 0.0681 e. The number of benzene rings is 2. The van der Waals surface area contributed by atoms with E-state index in [1.54, 1.807) is 0 Å². The van der Waals surface area contributed by atoms with Crippen molar-refractivity contribution in [1.82, 2.24) is 0 Å². The predicted molar refractivity (Wildman–Crippen MR) is 70.2 cm³/mol. The van der Waals surface area contributed by atoms with E-state index in [1.807, 2.05) is 36.4 Å². The normalized spacial score (nSPS) is 10.4. The average molecular weight is 277 g/mol. The summed E-state index contributed by atoms with van der Waals surface area (Å²) in [5.74, 6) is 0. The van der Waals surface area contributed by atoms with Gasteiger partial charge in [0, 0.05) is 4.47 Å². The number of rotatable bonds is 2. The third-order valence-corrected chi connectivity index (χ3v) is 3.57. The first kappa shape index (κ1) is 11.4. The summed E-state index contributed by atoms with van der Waals surface area (Å²) >= 11 is 3.53. The third kappa shape index (κ3) is 2.18. The van der Waals surface area contributed by atoms with Crippen molar-refractivity contribution in [2.24, 2.45) is 0 Å². The van der Waals surface area contributed by atoms with Gasteiger partial charge in [-0.2, -0.15) is 0 Å². The van der Waals surface area contributed by atoms with Crippen LogP contribution in [0.25, 0.3) is 11.1 Å². The van der Waals surface area contributed by atoms with Crippen LogP contribution in [0.1, 0.15) is 11.1 Å². The van der Waals surface area contributed by atoms with Crippen LogP contribution >= 0.6 is 15.9 Å². The van der Waals surface area contributed by atoms with E-state index in [-0.39, 0.29) is 6.61 Å². The van der Waals surface area contributed by atoms with Gasteiger partial charge in [-0.1, -0.05) is 52.3 Å². The molecule has 0 spiro atoms. The highest BCUT2D eigenvalue weighted by atomic mass is 79.9. The first-order valence-electron chi connectivity index (χ1n) is 5.17. The summed E-state index contributed by atoms with van der Waals surface area (Å²) in [5, 5.41) is 8.99. The molecule has 0 radical (unpaired) electrons. The molecule has 2 aromatic carbocycles. The first-order chi connectivity index (χ1) is 7.72. The molecule has 1 nitrogen and oxygen atoms in total. The first-order valence-corrected chi connectivity index (χ1v) is 5.97. The molecule has 1 N–H and O–H groups in total. The van der Waals surface area contributed by atoms with Crippen molar-refractivity contribution in [3.05, 3.63) is 58.1 Å². The average Bonchev–Trinajstić information content (AvgIpc) is 2.33. The van der Waals surface area contributed by atoms with E-state index >= 15 is 0 Å². The van der Waals surface area contributed by atoms with E-state index in [9.17, 15) is 0 Å². The lowest BCUT2D eigenvalue weighted by Crippen LogP contribution is -1.86. The molecule has 2 rings (SSSR count). The van der Waals surface area contributed by atoms with Crippen LogP contribution in [0.2, 0.25) is 0 Å². The van der Waals surface area contributed by atoms with Gasteiger partial charge in [0.1, 0.15) is 0 Å². The summed E-state index contributed by atoms with van der Waals surface area (Å²) in [5.41, 5.74) is 4.57. The topological polar surface area (TPSA) is 20.2 Å². The van der Waals surface area contributed by atoms with Crippen LogP contribution in [0.5, 0.6) is 0 Å². The van der Waals surface area contributed by atoms with Crippen LogP contribution in [0.15, 0.2) is 46.9 Å². The van der Waals surface area contributed by atoms with Gasteiger partial charge in [0.2, 0.25) is 0 Å². The fourth-order valence-electron chi connectivity index (χ4n) is 1.71. The zero-order valence-corrected chi connectivity index (χ0v) is 10.7. The lowest BCUT2D eigenvalue weighted by Gasteiger charge is -2.08. The molecule has 2 aromatic rings. The van der Waals surface area contributed by atoms with Gasteiger partial charge in [-0.05, 0) is 35.2 Å². The predicted octanol–water partition coefficient (Wildman–Crippen LogP) is 3.92. The van der Waals surface area contributed by atoms with Crippen LogP contribution in [0, 0.1) is 6.92 Å². The van der Waals surface area contributed by atoms with Gasteiger partial charge in [0.05, 0.1) is 6.61 Å². The second-order valence-electron chi connectivity index (χ2n) is 3.77. The molecule has 0 heterocycles. The quantitative estimate of drug-likeness (QED) is 0.882. The highest BCUT2D eigenvalue weighted by Crippen LogP contribution is 2.28. The highest BCUT2D eigenvalue weighted by Gasteiger charge is 2.03. The molecule has 0 amide bonds. The molecular formula is C14H13BrO. The molecule has 16 heavy (non-hydrogen) atoms. The summed E-state index contributed by atoms with van der Waals surface area (Å²) in [6, 6.07) is 14.2. The molecule has 0 fully saturated rings. The van der Waals surface area contributed by atoms with E-state index in [0.717, 1.165) is 10.0 Å². The van der Waals surface area contributed by atoms with Crippen molar-refractivity contribution in [3.63, 3.8) is 0 Å². The molecule has 0 aromatic heterocycles. The molecule has 0 unspecified atom stereocenters. The molecule has 0 aliphatic heterocycles. The van der Waals surface area contributed by atoms with Crippen molar-refractivity contribution in [3.8, 4) is 11.1 Å². The van der Waals surface area contributed by atoms with Crippen molar-refractivity contribution in [2.75, 3.05) is 0 Å². The van der Waals surface area contributed by atoms with Crippen molar-refractivity contribution >= 4 is 15.9 Å². The van der Waals surface area contributed by atoms with Crippen molar-refractivity contribution in [1.29, 1.82) is 0 Å². The van der Waals surface area contributed by atoms with Crippen LogP contribution < -0.4 is 0 Å². The van der Waals surface area contributed by atoms with E-state index in [2.05, 4.69) is 28.9 Å². The number of hydrogen-bond donors (Lipinski definition) is 1. The maximum atomic E-state index is 8.99. The summed E-state index contributed by atoms with van der Waals surface area (Å²) in [6.07, 6.45) is 0. The highest BCUT2D eigenvalue weighted by molar-refractivity contribution is 9.10. The van der Waals surface area contributed by atoms with Crippen LogP contribution in [0.3, 0.4) is 0 Å². The monoisotopic (exact) mass is 276 g/mol. The minimum Gasteiger partial charge on any atom is -0.392 e. The van der Waals surface area contributed by atoms with Crippen molar-refractivity contribution in [2.45, 2.75) is 13.5 Å². The SMILES string of the molecule is Cc1c(Br)cccc1-c1ccc(CO)cc1. The molecule has 0 saturated carbocycles. The second kappa shape index (κ2) is 4.81. The summed E-state index contributed by atoms with van der Waals surface area (Å²) < 4.78 is 1.12. The van der Waals surface area contributed by atoms with Gasteiger partial charge in [0.15, 0.2) is 0 Å². The second-order valence-corrected chi connectivity index (χ2v) is 4.62. The Morgan fingerprint density at radius 1 is 1.06 bits per heavy atom. The van der Waals surface area contributed by atoms with Crippen LogP contribution in [-0.4, -0.2) is 5.11 Å². The number of halogens is 1. The van der Waals surface area contributed by atoms with E-state index in [4.69, 9.17) is 5.11 Å².